The zero-order valence-corrected chi connectivity index (χ0v) is 16.1. The number of carbonyl (C=O) groups excluding carboxylic acids is 1. The number of rotatable bonds is 7. The molecule has 2 aromatic carbocycles. The third-order valence-corrected chi connectivity index (χ3v) is 5.59. The Balaban J connectivity index is 1.51. The molecule has 1 aromatic heterocycles. The molecule has 0 saturated carbocycles. The minimum absolute atomic E-state index is 0.249. The summed E-state index contributed by atoms with van der Waals surface area (Å²) in [5.74, 6) is 1.23. The van der Waals surface area contributed by atoms with Crippen LogP contribution in [0.4, 0.5) is 5.13 Å². The van der Waals surface area contributed by atoms with Gasteiger partial charge >= 0.3 is 0 Å². The van der Waals surface area contributed by atoms with E-state index in [2.05, 4.69) is 27.6 Å². The average Bonchev–Trinajstić information content (AvgIpc) is 3.10. The molecule has 3 rings (SSSR count). The number of hydrogen-bond acceptors (Lipinski definition) is 6. The van der Waals surface area contributed by atoms with Crippen molar-refractivity contribution < 1.29 is 9.53 Å². The molecule has 7 heteroatoms. The smallest absolute Gasteiger partial charge is 0.266 e. The van der Waals surface area contributed by atoms with Crippen LogP contribution in [0.3, 0.4) is 0 Å². The first kappa shape index (κ1) is 18.4. The first-order valence-electron chi connectivity index (χ1n) is 8.14. The summed E-state index contributed by atoms with van der Waals surface area (Å²) in [7, 11) is 0. The maximum atomic E-state index is 12.3. The number of anilines is 1. The van der Waals surface area contributed by atoms with Gasteiger partial charge in [0.05, 0.1) is 0 Å². The molecular formula is C19H19N3O2S2. The van der Waals surface area contributed by atoms with Gasteiger partial charge in [0, 0.05) is 5.75 Å². The predicted octanol–water partition coefficient (Wildman–Crippen LogP) is 4.54. The van der Waals surface area contributed by atoms with Crippen molar-refractivity contribution in [3.05, 3.63) is 65.7 Å². The molecule has 5 nitrogen and oxygen atoms in total. The van der Waals surface area contributed by atoms with E-state index in [1.165, 1.54) is 16.9 Å². The number of ether oxygens (including phenoxy) is 1. The number of nitrogens with one attached hydrogen (secondary N) is 1. The van der Waals surface area contributed by atoms with Crippen molar-refractivity contribution >= 4 is 34.1 Å². The average molecular weight is 386 g/mol. The van der Waals surface area contributed by atoms with Crippen LogP contribution in [0.25, 0.3) is 0 Å². The molecule has 0 aliphatic rings. The second-order valence-corrected chi connectivity index (χ2v) is 7.91. The topological polar surface area (TPSA) is 64.1 Å². The maximum absolute atomic E-state index is 12.3. The van der Waals surface area contributed by atoms with Crippen molar-refractivity contribution in [1.82, 2.24) is 10.2 Å². The molecule has 1 heterocycles. The van der Waals surface area contributed by atoms with Crippen molar-refractivity contribution in [3.63, 3.8) is 0 Å². The zero-order valence-electron chi connectivity index (χ0n) is 14.5. The van der Waals surface area contributed by atoms with Crippen LogP contribution in [0.1, 0.15) is 18.1 Å². The van der Waals surface area contributed by atoms with E-state index >= 15 is 0 Å². The summed E-state index contributed by atoms with van der Waals surface area (Å²) < 4.78 is 6.47. The molecule has 0 fully saturated rings. The van der Waals surface area contributed by atoms with Crippen molar-refractivity contribution in [2.75, 3.05) is 5.32 Å². The molecule has 0 saturated heterocycles. The van der Waals surface area contributed by atoms with Crippen LogP contribution in [-0.2, 0) is 10.5 Å². The highest BCUT2D eigenvalue weighted by Crippen LogP contribution is 2.28. The number of benzene rings is 2. The molecule has 0 radical (unpaired) electrons. The molecule has 1 atom stereocenters. The fourth-order valence-corrected chi connectivity index (χ4v) is 3.83. The second-order valence-electron chi connectivity index (χ2n) is 5.71. The van der Waals surface area contributed by atoms with E-state index in [4.69, 9.17) is 4.74 Å². The number of hydrogen-bond donors (Lipinski definition) is 1. The Morgan fingerprint density at radius 3 is 2.62 bits per heavy atom. The Kier molecular flexibility index (Phi) is 6.25. The van der Waals surface area contributed by atoms with Crippen molar-refractivity contribution in [1.29, 1.82) is 0 Å². The van der Waals surface area contributed by atoms with Crippen molar-refractivity contribution in [2.24, 2.45) is 0 Å². The number of thioether (sulfide) groups is 1. The van der Waals surface area contributed by atoms with E-state index in [1.54, 1.807) is 18.7 Å². The fraction of sp³-hybridized carbons (Fsp3) is 0.211. The van der Waals surface area contributed by atoms with Gasteiger partial charge in [0.25, 0.3) is 5.91 Å². The van der Waals surface area contributed by atoms with Crippen LogP contribution < -0.4 is 10.1 Å². The molecule has 0 aliphatic carbocycles. The maximum Gasteiger partial charge on any atom is 0.266 e. The molecule has 3 aromatic rings. The van der Waals surface area contributed by atoms with Crippen molar-refractivity contribution in [3.8, 4) is 5.75 Å². The number of nitrogens with zero attached hydrogens (tertiary/aromatic N) is 2. The van der Waals surface area contributed by atoms with Gasteiger partial charge in [-0.1, -0.05) is 71.1 Å². The lowest BCUT2D eigenvalue weighted by molar-refractivity contribution is -0.122. The standard InChI is InChI=1S/C19H19N3O2S2/c1-13-8-10-16(11-9-13)24-14(2)17(23)20-18-21-22-19(26-18)25-12-15-6-4-3-5-7-15/h3-11,14H,12H2,1-2H3,(H,20,21,23). The van der Waals surface area contributed by atoms with E-state index < -0.39 is 6.10 Å². The number of aryl methyl sites for hydroxylation is 1. The molecule has 134 valence electrons. The van der Waals surface area contributed by atoms with Gasteiger partial charge < -0.3 is 4.74 Å². The van der Waals surface area contributed by atoms with E-state index in [0.29, 0.717) is 10.9 Å². The monoisotopic (exact) mass is 385 g/mol. The highest BCUT2D eigenvalue weighted by molar-refractivity contribution is 8.00. The Hall–Kier alpha value is -2.38. The Morgan fingerprint density at radius 2 is 1.88 bits per heavy atom. The summed E-state index contributed by atoms with van der Waals surface area (Å²) in [6.45, 7) is 3.71. The van der Waals surface area contributed by atoms with Gasteiger partial charge in [-0.3, -0.25) is 10.1 Å². The lowest BCUT2D eigenvalue weighted by Crippen LogP contribution is -2.30. The van der Waals surface area contributed by atoms with E-state index in [-0.39, 0.29) is 5.91 Å². The van der Waals surface area contributed by atoms with Crippen molar-refractivity contribution in [2.45, 2.75) is 30.0 Å². The third kappa shape index (κ3) is 5.31. The molecular weight excluding hydrogens is 366 g/mol. The summed E-state index contributed by atoms with van der Waals surface area (Å²) >= 11 is 2.96. The molecule has 1 amide bonds. The van der Waals surface area contributed by atoms with Crippen LogP contribution >= 0.6 is 23.1 Å². The van der Waals surface area contributed by atoms with Gasteiger partial charge in [0.15, 0.2) is 10.4 Å². The van der Waals surface area contributed by atoms with Gasteiger partial charge in [-0.25, -0.2) is 0 Å². The van der Waals surface area contributed by atoms with Crippen LogP contribution in [0.5, 0.6) is 5.75 Å². The third-order valence-electron chi connectivity index (χ3n) is 3.54. The van der Waals surface area contributed by atoms with Gasteiger partial charge in [0.1, 0.15) is 5.75 Å². The Labute approximate surface area is 160 Å². The van der Waals surface area contributed by atoms with Gasteiger partial charge in [-0.2, -0.15) is 0 Å². The summed E-state index contributed by atoms with van der Waals surface area (Å²) in [6.07, 6.45) is -0.623. The minimum Gasteiger partial charge on any atom is -0.481 e. The molecule has 1 N–H and O–H groups in total. The first-order chi connectivity index (χ1) is 12.6. The summed E-state index contributed by atoms with van der Waals surface area (Å²) in [6, 6.07) is 17.7. The number of amides is 1. The largest absolute Gasteiger partial charge is 0.481 e. The van der Waals surface area contributed by atoms with E-state index in [1.807, 2.05) is 49.4 Å². The summed E-state index contributed by atoms with van der Waals surface area (Å²) in [4.78, 5) is 12.3. The molecule has 1 unspecified atom stereocenters. The normalized spacial score (nSPS) is 11.8. The zero-order chi connectivity index (χ0) is 18.4. The van der Waals surface area contributed by atoms with Gasteiger partial charge in [0.2, 0.25) is 5.13 Å². The highest BCUT2D eigenvalue weighted by Gasteiger charge is 2.17. The number of aromatic nitrogens is 2. The molecule has 26 heavy (non-hydrogen) atoms. The van der Waals surface area contributed by atoms with Crippen LogP contribution in [0, 0.1) is 6.92 Å². The Bertz CT molecular complexity index is 851. The lowest BCUT2D eigenvalue weighted by atomic mass is 10.2. The first-order valence-corrected chi connectivity index (χ1v) is 9.95. The number of carbonyl (C=O) groups is 1. The van der Waals surface area contributed by atoms with Gasteiger partial charge in [-0.05, 0) is 31.5 Å². The summed E-state index contributed by atoms with van der Waals surface area (Å²) in [5.41, 5.74) is 2.36. The van der Waals surface area contributed by atoms with Crippen LogP contribution in [0.15, 0.2) is 58.9 Å². The SMILES string of the molecule is Cc1ccc(OC(C)C(=O)Nc2nnc(SCc3ccccc3)s2)cc1. The molecule has 0 aliphatic heterocycles. The molecule has 0 bridgehead atoms. The van der Waals surface area contributed by atoms with E-state index in [9.17, 15) is 4.79 Å². The van der Waals surface area contributed by atoms with Gasteiger partial charge in [-0.15, -0.1) is 10.2 Å². The van der Waals surface area contributed by atoms with Crippen LogP contribution in [-0.4, -0.2) is 22.2 Å². The highest BCUT2D eigenvalue weighted by atomic mass is 32.2. The second kappa shape index (κ2) is 8.82. The van der Waals surface area contributed by atoms with Crippen LogP contribution in [0.2, 0.25) is 0 Å². The summed E-state index contributed by atoms with van der Waals surface area (Å²) in [5, 5.41) is 11.4. The minimum atomic E-state index is -0.623. The predicted molar refractivity (Wildman–Crippen MR) is 106 cm³/mol. The van der Waals surface area contributed by atoms with E-state index in [0.717, 1.165) is 15.7 Å². The Morgan fingerprint density at radius 1 is 1.15 bits per heavy atom. The quantitative estimate of drug-likeness (QED) is 0.478. The fourth-order valence-electron chi connectivity index (χ4n) is 2.12. The lowest BCUT2D eigenvalue weighted by Gasteiger charge is -2.13. The molecule has 0 spiro atoms.